The van der Waals surface area contributed by atoms with Crippen molar-refractivity contribution in [3.8, 4) is 0 Å². The summed E-state index contributed by atoms with van der Waals surface area (Å²) >= 11 is 0. The zero-order valence-corrected chi connectivity index (χ0v) is 15.1. The molecule has 2 fully saturated rings. The van der Waals surface area contributed by atoms with Gasteiger partial charge in [-0.1, -0.05) is 0 Å². The van der Waals surface area contributed by atoms with E-state index in [-0.39, 0.29) is 29.0 Å². The largest absolute Gasteiger partial charge is 0.336 e. The summed E-state index contributed by atoms with van der Waals surface area (Å²) in [6, 6.07) is 1.66. The average Bonchev–Trinajstić information content (AvgIpc) is 3.08. The minimum absolute atomic E-state index is 0.0639. The molecule has 1 saturated carbocycles. The van der Waals surface area contributed by atoms with Crippen LogP contribution in [0.1, 0.15) is 62.1 Å². The maximum atomic E-state index is 12.9. The Hall–Kier alpha value is -1.37. The molecule has 6 nitrogen and oxygen atoms in total. The Morgan fingerprint density at radius 3 is 2.43 bits per heavy atom. The fourth-order valence-electron chi connectivity index (χ4n) is 3.07. The van der Waals surface area contributed by atoms with Gasteiger partial charge in [-0.15, -0.1) is 0 Å². The summed E-state index contributed by atoms with van der Waals surface area (Å²) in [5, 5.41) is 4.65. The van der Waals surface area contributed by atoms with Crippen LogP contribution < -0.4 is 0 Å². The van der Waals surface area contributed by atoms with Gasteiger partial charge in [0.15, 0.2) is 9.84 Å². The predicted molar refractivity (Wildman–Crippen MR) is 88.4 cm³/mol. The number of hydrogen-bond acceptors (Lipinski definition) is 4. The highest BCUT2D eigenvalue weighted by Gasteiger charge is 2.36. The average molecular weight is 339 g/mol. The number of rotatable bonds is 3. The van der Waals surface area contributed by atoms with E-state index in [9.17, 15) is 13.2 Å². The molecule has 0 aromatic carbocycles. The topological polar surface area (TPSA) is 72.3 Å². The number of sulfone groups is 1. The number of nitrogens with zero attached hydrogens (tertiary/aromatic N) is 3. The number of carbonyl (C=O) groups excluding carboxylic acids is 1. The SMILES string of the molecule is CN(C(=O)c1cc(C2CC2)nn1C(C)(C)C)[C@@H]1CCS(=O)(=O)C1. The molecule has 128 valence electrons. The second-order valence-electron chi connectivity index (χ2n) is 7.78. The zero-order chi connectivity index (χ0) is 17.0. The molecule has 2 heterocycles. The Morgan fingerprint density at radius 2 is 1.96 bits per heavy atom. The molecule has 1 saturated heterocycles. The summed E-state index contributed by atoms with van der Waals surface area (Å²) in [7, 11) is -1.31. The van der Waals surface area contributed by atoms with Gasteiger partial charge in [0.1, 0.15) is 5.69 Å². The lowest BCUT2D eigenvalue weighted by Gasteiger charge is -2.27. The van der Waals surface area contributed by atoms with Crippen molar-refractivity contribution in [1.29, 1.82) is 0 Å². The van der Waals surface area contributed by atoms with E-state index in [4.69, 9.17) is 0 Å². The lowest BCUT2D eigenvalue weighted by molar-refractivity contribution is 0.0727. The first-order valence-corrected chi connectivity index (χ1v) is 9.99. The van der Waals surface area contributed by atoms with Crippen LogP contribution in [0, 0.1) is 0 Å². The quantitative estimate of drug-likeness (QED) is 0.841. The first-order chi connectivity index (χ1) is 10.6. The van der Waals surface area contributed by atoms with Crippen LogP contribution in [0.25, 0.3) is 0 Å². The van der Waals surface area contributed by atoms with Gasteiger partial charge >= 0.3 is 0 Å². The second kappa shape index (κ2) is 5.33. The van der Waals surface area contributed by atoms with Gasteiger partial charge in [0.25, 0.3) is 5.91 Å². The molecule has 1 aliphatic carbocycles. The van der Waals surface area contributed by atoms with Crippen LogP contribution in [0.5, 0.6) is 0 Å². The van der Waals surface area contributed by atoms with Crippen molar-refractivity contribution in [3.05, 3.63) is 17.5 Å². The Bertz CT molecular complexity index is 726. The molecule has 0 radical (unpaired) electrons. The van der Waals surface area contributed by atoms with Crippen LogP contribution in [-0.2, 0) is 15.4 Å². The van der Waals surface area contributed by atoms with Gasteiger partial charge in [0.05, 0.1) is 22.7 Å². The summed E-state index contributed by atoms with van der Waals surface area (Å²) in [6.07, 6.45) is 2.78. The van der Waals surface area contributed by atoms with Crippen molar-refractivity contribution in [3.63, 3.8) is 0 Å². The predicted octanol–water partition coefficient (Wildman–Crippen LogP) is 1.77. The highest BCUT2D eigenvalue weighted by atomic mass is 32.2. The van der Waals surface area contributed by atoms with Gasteiger partial charge in [0.2, 0.25) is 0 Å². The van der Waals surface area contributed by atoms with Crippen molar-refractivity contribution in [2.45, 2.75) is 57.5 Å². The van der Waals surface area contributed by atoms with E-state index in [0.717, 1.165) is 18.5 Å². The van der Waals surface area contributed by atoms with E-state index in [2.05, 4.69) is 5.10 Å². The maximum Gasteiger partial charge on any atom is 0.272 e. The van der Waals surface area contributed by atoms with Crippen molar-refractivity contribution >= 4 is 15.7 Å². The summed E-state index contributed by atoms with van der Waals surface area (Å²) in [5.74, 6) is 0.568. The Labute approximate surface area is 137 Å². The molecular formula is C16H25N3O3S. The fourth-order valence-corrected chi connectivity index (χ4v) is 4.84. The molecule has 1 aliphatic heterocycles. The molecule has 1 atom stereocenters. The van der Waals surface area contributed by atoms with Crippen LogP contribution in [-0.4, -0.2) is 53.6 Å². The van der Waals surface area contributed by atoms with E-state index >= 15 is 0 Å². The highest BCUT2D eigenvalue weighted by Crippen LogP contribution is 2.40. The van der Waals surface area contributed by atoms with E-state index in [1.165, 1.54) is 0 Å². The van der Waals surface area contributed by atoms with E-state index in [0.29, 0.717) is 18.0 Å². The molecule has 1 aromatic rings. The summed E-state index contributed by atoms with van der Waals surface area (Å²) < 4.78 is 25.1. The van der Waals surface area contributed by atoms with Crippen LogP contribution in [0.4, 0.5) is 0 Å². The van der Waals surface area contributed by atoms with Gasteiger partial charge in [-0.2, -0.15) is 5.10 Å². The summed E-state index contributed by atoms with van der Waals surface area (Å²) in [6.45, 7) is 6.06. The van der Waals surface area contributed by atoms with Crippen LogP contribution >= 0.6 is 0 Å². The monoisotopic (exact) mass is 339 g/mol. The molecule has 1 aromatic heterocycles. The first kappa shape index (κ1) is 16.5. The van der Waals surface area contributed by atoms with Gasteiger partial charge in [-0.25, -0.2) is 8.42 Å². The molecule has 0 unspecified atom stereocenters. The molecule has 0 N–H and O–H groups in total. The molecule has 7 heteroatoms. The molecular weight excluding hydrogens is 314 g/mol. The lowest BCUT2D eigenvalue weighted by Crippen LogP contribution is -2.40. The lowest BCUT2D eigenvalue weighted by atomic mass is 10.1. The molecule has 0 spiro atoms. The normalized spacial score (nSPS) is 23.9. The Balaban J connectivity index is 1.89. The van der Waals surface area contributed by atoms with Crippen LogP contribution in [0.3, 0.4) is 0 Å². The van der Waals surface area contributed by atoms with Crippen LogP contribution in [0.2, 0.25) is 0 Å². The van der Waals surface area contributed by atoms with Gasteiger partial charge in [0, 0.05) is 19.0 Å². The number of carbonyl (C=O) groups is 1. The van der Waals surface area contributed by atoms with Crippen molar-refractivity contribution in [2.24, 2.45) is 0 Å². The minimum atomic E-state index is -3.01. The minimum Gasteiger partial charge on any atom is -0.336 e. The highest BCUT2D eigenvalue weighted by molar-refractivity contribution is 7.91. The van der Waals surface area contributed by atoms with Crippen molar-refractivity contribution in [1.82, 2.24) is 14.7 Å². The third-order valence-electron chi connectivity index (χ3n) is 4.65. The van der Waals surface area contributed by atoms with Crippen molar-refractivity contribution in [2.75, 3.05) is 18.6 Å². The molecule has 2 aliphatic rings. The van der Waals surface area contributed by atoms with E-state index in [1.807, 2.05) is 26.8 Å². The zero-order valence-electron chi connectivity index (χ0n) is 14.2. The second-order valence-corrected chi connectivity index (χ2v) is 10.0. The number of hydrogen-bond donors (Lipinski definition) is 0. The van der Waals surface area contributed by atoms with Crippen molar-refractivity contribution < 1.29 is 13.2 Å². The third kappa shape index (κ3) is 3.29. The summed E-state index contributed by atoms with van der Waals surface area (Å²) in [5.41, 5.74) is 1.25. The molecule has 23 heavy (non-hydrogen) atoms. The van der Waals surface area contributed by atoms with Gasteiger partial charge < -0.3 is 4.90 Å². The molecule has 3 rings (SSSR count). The fraction of sp³-hybridized carbons (Fsp3) is 0.750. The Kier molecular flexibility index (Phi) is 3.82. The van der Waals surface area contributed by atoms with Crippen LogP contribution in [0.15, 0.2) is 6.07 Å². The smallest absolute Gasteiger partial charge is 0.272 e. The Morgan fingerprint density at radius 1 is 1.30 bits per heavy atom. The first-order valence-electron chi connectivity index (χ1n) is 8.16. The van der Waals surface area contributed by atoms with Gasteiger partial charge in [-0.3, -0.25) is 9.48 Å². The number of aromatic nitrogens is 2. The van der Waals surface area contributed by atoms with Gasteiger partial charge in [-0.05, 0) is 46.1 Å². The standard InChI is InChI=1S/C16H25N3O3S/c1-16(2,3)19-14(9-13(17-19)11-5-6-11)15(20)18(4)12-7-8-23(21,22)10-12/h9,11-12H,5-8,10H2,1-4H3/t12-/m1/s1. The summed E-state index contributed by atoms with van der Waals surface area (Å²) in [4.78, 5) is 14.5. The molecule has 0 bridgehead atoms. The maximum absolute atomic E-state index is 12.9. The molecule has 1 amide bonds. The van der Waals surface area contributed by atoms with E-state index in [1.54, 1.807) is 16.6 Å². The number of amides is 1. The van der Waals surface area contributed by atoms with E-state index < -0.39 is 9.84 Å². The third-order valence-corrected chi connectivity index (χ3v) is 6.41.